The van der Waals surface area contributed by atoms with Gasteiger partial charge in [-0.3, -0.25) is 4.79 Å². The van der Waals surface area contributed by atoms with Crippen molar-refractivity contribution in [1.82, 2.24) is 0 Å². The number of carbonyl (C=O) groups is 2. The van der Waals surface area contributed by atoms with Crippen molar-refractivity contribution in [3.8, 4) is 0 Å². The van der Waals surface area contributed by atoms with Gasteiger partial charge in [-0.1, -0.05) is 0 Å². The summed E-state index contributed by atoms with van der Waals surface area (Å²) < 4.78 is 4.14. The van der Waals surface area contributed by atoms with Crippen LogP contribution in [0.2, 0.25) is 0 Å². The van der Waals surface area contributed by atoms with Gasteiger partial charge in [0.25, 0.3) is 0 Å². The summed E-state index contributed by atoms with van der Waals surface area (Å²) >= 11 is 0. The van der Waals surface area contributed by atoms with Crippen molar-refractivity contribution in [3.63, 3.8) is 0 Å². The number of esters is 1. The van der Waals surface area contributed by atoms with E-state index in [1.807, 2.05) is 0 Å². The van der Waals surface area contributed by atoms with Crippen molar-refractivity contribution in [2.75, 3.05) is 13.7 Å². The molecular formula is C8H13N3O6. The zero-order chi connectivity index (χ0) is 14.3. The lowest BCUT2D eigenvalue weighted by molar-refractivity contribution is -0.139. The average molecular weight is 247 g/mol. The fraction of sp³-hybridized carbons (Fsp3) is 0.500. The molecule has 0 saturated carbocycles. The number of nitrogens with zero attached hydrogens (tertiary/aromatic N) is 1. The van der Waals surface area contributed by atoms with Crippen LogP contribution >= 0.6 is 0 Å². The Balaban J connectivity index is -0.000000193. The van der Waals surface area contributed by atoms with Gasteiger partial charge in [-0.25, -0.2) is 19.8 Å². The maximum Gasteiger partial charge on any atom is 0.329 e. The van der Waals surface area contributed by atoms with E-state index in [4.69, 9.17) is 21.0 Å². The molecule has 0 saturated heterocycles. The Hall–Kier alpha value is -2.34. The molecule has 0 radical (unpaired) electrons. The molecule has 0 amide bonds. The predicted octanol–water partition coefficient (Wildman–Crippen LogP) is -1.19. The van der Waals surface area contributed by atoms with Gasteiger partial charge in [0, 0.05) is 0 Å². The molecule has 96 valence electrons. The number of hydrogen-bond donors (Lipinski definition) is 3. The Bertz CT molecular complexity index is 296. The number of nitrogens with one attached hydrogen (secondary N) is 1. The maximum absolute atomic E-state index is 9.83. The Labute approximate surface area is 96.8 Å². The second-order valence-electron chi connectivity index (χ2n) is 2.12. The van der Waals surface area contributed by atoms with Crippen LogP contribution in [0.1, 0.15) is 6.92 Å². The second-order valence-corrected chi connectivity index (χ2v) is 2.12. The highest BCUT2D eigenvalue weighted by Crippen LogP contribution is 1.84. The third-order valence-electron chi connectivity index (χ3n) is 0.998. The molecular weight excluding hydrogens is 234 g/mol. The summed E-state index contributed by atoms with van der Waals surface area (Å²) in [5.74, 6) is -1.50. The molecule has 0 aromatic heterocycles. The fourth-order valence-electron chi connectivity index (χ4n) is 0.218. The highest BCUT2D eigenvalue weighted by atomic mass is 16.5. The van der Waals surface area contributed by atoms with E-state index >= 15 is 0 Å². The Morgan fingerprint density at radius 1 is 1.53 bits per heavy atom. The van der Waals surface area contributed by atoms with E-state index in [1.165, 1.54) is 14.0 Å². The Kier molecular flexibility index (Phi) is 19.1. The molecule has 0 aliphatic rings. The lowest BCUT2D eigenvalue weighted by Crippen LogP contribution is -2.14. The monoisotopic (exact) mass is 247 g/mol. The topological polar surface area (TPSA) is 160 Å². The predicted molar refractivity (Wildman–Crippen MR) is 54.7 cm³/mol. The van der Waals surface area contributed by atoms with E-state index < -0.39 is 12.0 Å². The van der Waals surface area contributed by atoms with Crippen molar-refractivity contribution < 1.29 is 29.0 Å². The van der Waals surface area contributed by atoms with E-state index in [0.717, 1.165) is 12.2 Å². The first-order chi connectivity index (χ1) is 7.90. The summed E-state index contributed by atoms with van der Waals surface area (Å²) in [4.78, 5) is 40.3. The molecule has 0 aliphatic heterocycles. The first-order valence-electron chi connectivity index (χ1n) is 4.01. The number of rotatable bonds is 3. The Morgan fingerprint density at radius 3 is 2.00 bits per heavy atom. The van der Waals surface area contributed by atoms with Gasteiger partial charge in [0.2, 0.25) is 12.2 Å². The van der Waals surface area contributed by atoms with Crippen LogP contribution in [0.15, 0.2) is 4.99 Å². The molecule has 4 N–H and O–H groups in total. The molecule has 0 aromatic rings. The third-order valence-corrected chi connectivity index (χ3v) is 0.998. The molecule has 0 fully saturated rings. The number of methoxy groups -OCH3 is 1. The van der Waals surface area contributed by atoms with Crippen molar-refractivity contribution in [3.05, 3.63) is 0 Å². The van der Waals surface area contributed by atoms with E-state index in [0.29, 0.717) is 0 Å². The van der Waals surface area contributed by atoms with E-state index in [9.17, 15) is 14.4 Å². The maximum atomic E-state index is 9.83. The van der Waals surface area contributed by atoms with E-state index in [-0.39, 0.29) is 12.5 Å². The van der Waals surface area contributed by atoms with Crippen molar-refractivity contribution in [2.24, 2.45) is 10.7 Å². The van der Waals surface area contributed by atoms with Crippen LogP contribution in [0.5, 0.6) is 0 Å². The first kappa shape index (κ1) is 20.1. The number of carboxylic acid groups (broad SMARTS) is 1. The summed E-state index contributed by atoms with van der Waals surface area (Å²) in [6.07, 6.45) is 1.89. The zero-order valence-electron chi connectivity index (χ0n) is 9.30. The minimum atomic E-state index is -1.12. The summed E-state index contributed by atoms with van der Waals surface area (Å²) in [7, 11) is 1.30. The number of isocyanates is 2. The van der Waals surface area contributed by atoms with Gasteiger partial charge < -0.3 is 15.6 Å². The fourth-order valence-corrected chi connectivity index (χ4v) is 0.218. The van der Waals surface area contributed by atoms with Crippen LogP contribution in [0.4, 0.5) is 0 Å². The number of nitrogens with two attached hydrogens (primary N) is 1. The van der Waals surface area contributed by atoms with Gasteiger partial charge in [-0.05, 0) is 6.92 Å². The summed E-state index contributed by atoms with van der Waals surface area (Å²) in [5, 5.41) is 13.4. The second kappa shape index (κ2) is 16.1. The molecule has 9 nitrogen and oxygen atoms in total. The van der Waals surface area contributed by atoms with E-state index in [2.05, 4.69) is 9.73 Å². The SMILES string of the molecule is CC(N=C=O)C(=O)O.COC(=O)CN.N=C=O. The molecule has 0 aromatic carbocycles. The number of hydrogen-bond acceptors (Lipinski definition) is 8. The van der Waals surface area contributed by atoms with Crippen LogP contribution in [-0.4, -0.2) is 48.9 Å². The smallest absolute Gasteiger partial charge is 0.329 e. The van der Waals surface area contributed by atoms with Crippen LogP contribution in [0.25, 0.3) is 0 Å². The molecule has 0 aliphatic carbocycles. The Morgan fingerprint density at radius 2 is 1.94 bits per heavy atom. The summed E-state index contributed by atoms with van der Waals surface area (Å²) in [5.41, 5.74) is 4.81. The van der Waals surface area contributed by atoms with Gasteiger partial charge in [0.1, 0.15) is 0 Å². The van der Waals surface area contributed by atoms with Crippen molar-refractivity contribution in [2.45, 2.75) is 13.0 Å². The average Bonchev–Trinajstić information content (AvgIpc) is 2.30. The number of aliphatic carboxylic acids is 1. The largest absolute Gasteiger partial charge is 0.480 e. The normalized spacial score (nSPS) is 8.65. The van der Waals surface area contributed by atoms with Crippen molar-refractivity contribution >= 4 is 24.1 Å². The molecule has 0 rings (SSSR count). The molecule has 0 heterocycles. The number of carboxylic acids is 1. The molecule has 17 heavy (non-hydrogen) atoms. The summed E-state index contributed by atoms with van der Waals surface area (Å²) in [6, 6.07) is -0.965. The van der Waals surface area contributed by atoms with Crippen LogP contribution in [0.3, 0.4) is 0 Å². The van der Waals surface area contributed by atoms with Gasteiger partial charge in [0.15, 0.2) is 6.04 Å². The summed E-state index contributed by atoms with van der Waals surface area (Å²) in [6.45, 7) is 1.27. The number of carbonyl (C=O) groups excluding carboxylic acids is 3. The van der Waals surface area contributed by atoms with E-state index in [1.54, 1.807) is 0 Å². The molecule has 9 heteroatoms. The van der Waals surface area contributed by atoms with Crippen molar-refractivity contribution in [1.29, 1.82) is 5.41 Å². The quantitative estimate of drug-likeness (QED) is 0.321. The minimum Gasteiger partial charge on any atom is -0.480 e. The first-order valence-corrected chi connectivity index (χ1v) is 4.01. The number of aliphatic imine (C=N–C) groups is 1. The van der Waals surface area contributed by atoms with Gasteiger partial charge in [-0.2, -0.15) is 4.99 Å². The van der Waals surface area contributed by atoms with Crippen LogP contribution < -0.4 is 5.73 Å². The lowest BCUT2D eigenvalue weighted by atomic mass is 10.4. The standard InChI is InChI=1S/C4H5NO3.C3H7NO2.CHNO/c1-3(4(7)8)5-2-6;1-6-3(5)2-4;2-1-3/h3H,1H3,(H,7,8);2,4H2,1H3;2H. The molecule has 0 bridgehead atoms. The van der Waals surface area contributed by atoms with Gasteiger partial charge >= 0.3 is 11.9 Å². The van der Waals surface area contributed by atoms with Gasteiger partial charge in [-0.15, -0.1) is 0 Å². The van der Waals surface area contributed by atoms with Gasteiger partial charge in [0.05, 0.1) is 13.7 Å². The lowest BCUT2D eigenvalue weighted by Gasteiger charge is -1.90. The highest BCUT2D eigenvalue weighted by molar-refractivity contribution is 5.74. The van der Waals surface area contributed by atoms with Crippen LogP contribution in [-0.2, 0) is 23.9 Å². The van der Waals surface area contributed by atoms with Crippen LogP contribution in [0, 0.1) is 5.41 Å². The third kappa shape index (κ3) is 24.8. The molecule has 0 spiro atoms. The molecule has 1 unspecified atom stereocenters. The minimum absolute atomic E-state index is 0.0312. The number of ether oxygens (including phenoxy) is 1. The molecule has 1 atom stereocenters. The zero-order valence-corrected chi connectivity index (χ0v) is 9.30. The highest BCUT2D eigenvalue weighted by Gasteiger charge is 2.06.